The Labute approximate surface area is 256 Å². The van der Waals surface area contributed by atoms with Crippen LogP contribution < -0.4 is 0 Å². The molecule has 0 saturated heterocycles. The van der Waals surface area contributed by atoms with E-state index in [9.17, 15) is 0 Å². The minimum Gasteiger partial charge on any atom is -0.0616 e. The minimum absolute atomic E-state index is 1.23. The smallest absolute Gasteiger partial charge is 0.00201 e. The highest BCUT2D eigenvalue weighted by Crippen LogP contribution is 2.46. The van der Waals surface area contributed by atoms with Gasteiger partial charge in [0.2, 0.25) is 0 Å². The van der Waals surface area contributed by atoms with Crippen molar-refractivity contribution in [3.63, 3.8) is 0 Å². The molecule has 0 spiro atoms. The molecule has 0 aromatic heterocycles. The van der Waals surface area contributed by atoms with E-state index in [2.05, 4.69) is 170 Å². The fraction of sp³-hybridized carbons (Fsp3) is 0. The van der Waals surface area contributed by atoms with E-state index in [0.29, 0.717) is 0 Å². The van der Waals surface area contributed by atoms with Crippen molar-refractivity contribution >= 4 is 53.9 Å². The lowest BCUT2D eigenvalue weighted by Gasteiger charge is -2.20. The molecule has 0 unspecified atom stereocenters. The van der Waals surface area contributed by atoms with Crippen LogP contribution in [-0.4, -0.2) is 0 Å². The zero-order valence-corrected chi connectivity index (χ0v) is 24.2. The molecule has 204 valence electrons. The summed E-state index contributed by atoms with van der Waals surface area (Å²) in [6.07, 6.45) is 0. The zero-order chi connectivity index (χ0) is 29.0. The lowest BCUT2D eigenvalue weighted by molar-refractivity contribution is 1.62. The van der Waals surface area contributed by atoms with Crippen LogP contribution in [-0.2, 0) is 0 Å². The molecule has 0 amide bonds. The summed E-state index contributed by atoms with van der Waals surface area (Å²) in [4.78, 5) is 0. The molecule has 0 aliphatic carbocycles. The maximum Gasteiger partial charge on any atom is -0.00201 e. The first-order valence-electron chi connectivity index (χ1n) is 15.3. The van der Waals surface area contributed by atoms with Gasteiger partial charge >= 0.3 is 0 Å². The van der Waals surface area contributed by atoms with E-state index >= 15 is 0 Å². The van der Waals surface area contributed by atoms with Gasteiger partial charge in [-0.05, 0) is 105 Å². The van der Waals surface area contributed by atoms with E-state index in [-0.39, 0.29) is 0 Å². The molecule has 0 bridgehead atoms. The van der Waals surface area contributed by atoms with Crippen LogP contribution in [0.4, 0.5) is 0 Å². The molecule has 9 rings (SSSR count). The molecule has 0 nitrogen and oxygen atoms in total. The van der Waals surface area contributed by atoms with Crippen molar-refractivity contribution in [1.29, 1.82) is 0 Å². The van der Waals surface area contributed by atoms with Gasteiger partial charge in [0.15, 0.2) is 0 Å². The van der Waals surface area contributed by atoms with Gasteiger partial charge in [-0.15, -0.1) is 0 Å². The highest BCUT2D eigenvalue weighted by Gasteiger charge is 2.18. The van der Waals surface area contributed by atoms with Gasteiger partial charge in [0, 0.05) is 0 Å². The number of benzene rings is 9. The molecule has 44 heavy (non-hydrogen) atoms. The molecule has 9 aromatic carbocycles. The first-order chi connectivity index (χ1) is 21.8. The van der Waals surface area contributed by atoms with Crippen LogP contribution in [0.15, 0.2) is 170 Å². The predicted octanol–water partition coefficient (Wildman–Crippen LogP) is 12.5. The van der Waals surface area contributed by atoms with Crippen LogP contribution in [0.1, 0.15) is 0 Å². The molecule has 0 heterocycles. The summed E-state index contributed by atoms with van der Waals surface area (Å²) >= 11 is 0. The van der Waals surface area contributed by atoms with Crippen molar-refractivity contribution < 1.29 is 0 Å². The average molecular weight is 557 g/mol. The van der Waals surface area contributed by atoms with Gasteiger partial charge in [-0.25, -0.2) is 0 Å². The summed E-state index contributed by atoms with van der Waals surface area (Å²) in [7, 11) is 0. The van der Waals surface area contributed by atoms with Gasteiger partial charge in [-0.3, -0.25) is 0 Å². The Kier molecular flexibility index (Phi) is 5.61. The van der Waals surface area contributed by atoms with Crippen molar-refractivity contribution in [2.45, 2.75) is 0 Å². The minimum atomic E-state index is 1.23. The largest absolute Gasteiger partial charge is 0.0616 e. The van der Waals surface area contributed by atoms with Crippen LogP contribution in [0.2, 0.25) is 0 Å². The summed E-state index contributed by atoms with van der Waals surface area (Å²) in [5.41, 5.74) is 7.52. The number of hydrogen-bond acceptors (Lipinski definition) is 0. The van der Waals surface area contributed by atoms with Crippen LogP contribution in [0, 0.1) is 0 Å². The van der Waals surface area contributed by atoms with Gasteiger partial charge in [-0.2, -0.15) is 0 Å². The Morgan fingerprint density at radius 1 is 0.227 bits per heavy atom. The Balaban J connectivity index is 1.38. The topological polar surface area (TPSA) is 0 Å². The molecular weight excluding hydrogens is 528 g/mol. The Hall–Kier alpha value is -5.72. The highest BCUT2D eigenvalue weighted by molar-refractivity contribution is 6.22. The van der Waals surface area contributed by atoms with E-state index in [1.807, 2.05) is 0 Å². The lowest BCUT2D eigenvalue weighted by atomic mass is 9.83. The zero-order valence-electron chi connectivity index (χ0n) is 24.2. The SMILES string of the molecule is c1cc(-c2cc3ccccc3c3ccccc23)cc(-c2c(-c3ccc4ccccc4c3)c3ccccc3c3ccccc23)c1. The summed E-state index contributed by atoms with van der Waals surface area (Å²) < 4.78 is 0. The second-order valence-electron chi connectivity index (χ2n) is 11.7. The van der Waals surface area contributed by atoms with Crippen LogP contribution >= 0.6 is 0 Å². The van der Waals surface area contributed by atoms with Crippen molar-refractivity contribution in [2.24, 2.45) is 0 Å². The van der Waals surface area contributed by atoms with Crippen molar-refractivity contribution in [3.8, 4) is 33.4 Å². The predicted molar refractivity (Wildman–Crippen MR) is 190 cm³/mol. The van der Waals surface area contributed by atoms with Crippen LogP contribution in [0.5, 0.6) is 0 Å². The Morgan fingerprint density at radius 3 is 1.39 bits per heavy atom. The normalized spacial score (nSPS) is 11.6. The molecule has 0 atom stereocenters. The Morgan fingerprint density at radius 2 is 0.705 bits per heavy atom. The molecule has 0 aliphatic rings. The number of hydrogen-bond donors (Lipinski definition) is 0. The van der Waals surface area contributed by atoms with Crippen molar-refractivity contribution in [1.82, 2.24) is 0 Å². The summed E-state index contributed by atoms with van der Waals surface area (Å²) in [5.74, 6) is 0. The third-order valence-corrected chi connectivity index (χ3v) is 9.20. The molecule has 0 N–H and O–H groups in total. The Bertz CT molecular complexity index is 2550. The van der Waals surface area contributed by atoms with Gasteiger partial charge in [0.1, 0.15) is 0 Å². The number of fused-ring (bicyclic) bond motifs is 7. The highest BCUT2D eigenvalue weighted by atomic mass is 14.2. The van der Waals surface area contributed by atoms with Gasteiger partial charge in [-0.1, -0.05) is 152 Å². The van der Waals surface area contributed by atoms with E-state index in [4.69, 9.17) is 0 Å². The van der Waals surface area contributed by atoms with Crippen molar-refractivity contribution in [3.05, 3.63) is 170 Å². The first-order valence-corrected chi connectivity index (χ1v) is 15.3. The monoisotopic (exact) mass is 556 g/mol. The van der Waals surface area contributed by atoms with Gasteiger partial charge < -0.3 is 0 Å². The van der Waals surface area contributed by atoms with E-state index in [0.717, 1.165) is 0 Å². The molecule has 0 radical (unpaired) electrons. The second-order valence-corrected chi connectivity index (χ2v) is 11.7. The van der Waals surface area contributed by atoms with Gasteiger partial charge in [0.05, 0.1) is 0 Å². The summed E-state index contributed by atoms with van der Waals surface area (Å²) in [6, 6.07) is 62.4. The quantitative estimate of drug-likeness (QED) is 0.190. The second kappa shape index (κ2) is 9.93. The first kappa shape index (κ1) is 24.8. The van der Waals surface area contributed by atoms with Crippen LogP contribution in [0.3, 0.4) is 0 Å². The average Bonchev–Trinajstić information content (AvgIpc) is 3.10. The summed E-state index contributed by atoms with van der Waals surface area (Å²) in [5, 5.41) is 12.8. The third-order valence-electron chi connectivity index (χ3n) is 9.20. The molecule has 0 aliphatic heterocycles. The molecule has 0 saturated carbocycles. The maximum atomic E-state index is 2.40. The van der Waals surface area contributed by atoms with E-state index in [1.165, 1.54) is 87.2 Å². The van der Waals surface area contributed by atoms with E-state index in [1.54, 1.807) is 0 Å². The molecule has 9 aromatic rings. The lowest BCUT2D eigenvalue weighted by Crippen LogP contribution is -1.92. The maximum absolute atomic E-state index is 2.40. The standard InChI is InChI=1S/C44H28/c1-2-13-30-26-34(25-24-29(30)12-1)44-41-23-10-8-20-38(41)37-19-7-9-22-40(37)43(44)33-16-11-15-31(27-33)42-28-32-14-3-4-17-35(32)36-18-5-6-21-39(36)42/h1-28H. The molecular formula is C44H28. The molecule has 0 fully saturated rings. The number of rotatable bonds is 3. The van der Waals surface area contributed by atoms with Crippen molar-refractivity contribution in [2.75, 3.05) is 0 Å². The fourth-order valence-electron chi connectivity index (χ4n) is 7.22. The fourth-order valence-corrected chi connectivity index (χ4v) is 7.22. The van der Waals surface area contributed by atoms with Crippen LogP contribution in [0.25, 0.3) is 87.2 Å². The van der Waals surface area contributed by atoms with E-state index < -0.39 is 0 Å². The summed E-state index contributed by atoms with van der Waals surface area (Å²) in [6.45, 7) is 0. The molecule has 0 heteroatoms. The van der Waals surface area contributed by atoms with Gasteiger partial charge in [0.25, 0.3) is 0 Å². The third kappa shape index (κ3) is 3.85.